The third kappa shape index (κ3) is 7.75. The van der Waals surface area contributed by atoms with Crippen molar-refractivity contribution in [1.82, 2.24) is 24.6 Å². The number of fused-ring (bicyclic) bond motifs is 1. The van der Waals surface area contributed by atoms with Crippen LogP contribution in [0.15, 0.2) is 67.0 Å². The Morgan fingerprint density at radius 1 is 0.978 bits per heavy atom. The minimum atomic E-state index is -1.53. The maximum atomic E-state index is 13.0. The van der Waals surface area contributed by atoms with Crippen molar-refractivity contribution in [1.29, 1.82) is 0 Å². The normalized spacial score (nSPS) is 19.7. The molecule has 1 aliphatic heterocycles. The molecule has 0 radical (unpaired) electrons. The van der Waals surface area contributed by atoms with Crippen LogP contribution in [-0.2, 0) is 32.3 Å². The van der Waals surface area contributed by atoms with Crippen LogP contribution in [-0.4, -0.2) is 77.5 Å². The maximum Gasteiger partial charge on any atom is 0.533 e. The monoisotopic (exact) mass is 622 g/mol. The Kier molecular flexibility index (Phi) is 9.32. The summed E-state index contributed by atoms with van der Waals surface area (Å²) in [7, 11) is 0. The SMILES string of the molecule is CC(C)(C)OC(=O)N(C[C@H]1O[C@@H](n2cnc3c(OCc4ccccc4)nc(N)nc32)[C@H](O)[C@@H]1O)OC(=O)OCc1ccccc1. The number of nitrogens with two attached hydrogens (primary N) is 1. The molecule has 0 unspecified atom stereocenters. The quantitative estimate of drug-likeness (QED) is 0.192. The number of nitrogens with zero attached hydrogens (tertiary/aromatic N) is 5. The van der Waals surface area contributed by atoms with E-state index in [9.17, 15) is 19.8 Å². The first kappa shape index (κ1) is 31.4. The summed E-state index contributed by atoms with van der Waals surface area (Å²) >= 11 is 0. The van der Waals surface area contributed by atoms with Gasteiger partial charge in [0.05, 0.1) is 12.9 Å². The number of nitrogen functional groups attached to an aromatic ring is 1. The number of hydrogen-bond donors (Lipinski definition) is 3. The van der Waals surface area contributed by atoms with Gasteiger partial charge in [-0.05, 0) is 31.9 Å². The molecule has 1 fully saturated rings. The predicted octanol–water partition coefficient (Wildman–Crippen LogP) is 3.11. The number of ether oxygens (including phenoxy) is 4. The minimum absolute atomic E-state index is 0.110. The van der Waals surface area contributed by atoms with Gasteiger partial charge in [0.25, 0.3) is 0 Å². The van der Waals surface area contributed by atoms with Crippen LogP contribution in [0.5, 0.6) is 5.88 Å². The van der Waals surface area contributed by atoms with Crippen LogP contribution < -0.4 is 10.5 Å². The van der Waals surface area contributed by atoms with E-state index >= 15 is 0 Å². The van der Waals surface area contributed by atoms with Crippen LogP contribution >= 0.6 is 0 Å². The summed E-state index contributed by atoms with van der Waals surface area (Å²) in [4.78, 5) is 43.4. The molecule has 238 valence electrons. The largest absolute Gasteiger partial charge is 0.533 e. The summed E-state index contributed by atoms with van der Waals surface area (Å²) in [5.41, 5.74) is 7.02. The second kappa shape index (κ2) is 13.3. The van der Waals surface area contributed by atoms with E-state index in [2.05, 4.69) is 15.0 Å². The molecule has 0 aliphatic carbocycles. The van der Waals surface area contributed by atoms with Crippen molar-refractivity contribution in [3.05, 3.63) is 78.1 Å². The van der Waals surface area contributed by atoms with Crippen LogP contribution in [0.2, 0.25) is 0 Å². The van der Waals surface area contributed by atoms with Gasteiger partial charge in [-0.2, -0.15) is 9.97 Å². The van der Waals surface area contributed by atoms with E-state index in [0.29, 0.717) is 10.6 Å². The first-order chi connectivity index (χ1) is 21.5. The lowest BCUT2D eigenvalue weighted by molar-refractivity contribution is -0.149. The van der Waals surface area contributed by atoms with Gasteiger partial charge in [0, 0.05) is 0 Å². The van der Waals surface area contributed by atoms with E-state index in [4.69, 9.17) is 29.5 Å². The Morgan fingerprint density at radius 3 is 2.27 bits per heavy atom. The van der Waals surface area contributed by atoms with Crippen molar-refractivity contribution < 1.29 is 43.6 Å². The highest BCUT2D eigenvalue weighted by atomic mass is 16.8. The van der Waals surface area contributed by atoms with Gasteiger partial charge in [-0.25, -0.2) is 14.6 Å². The molecule has 4 N–H and O–H groups in total. The van der Waals surface area contributed by atoms with Gasteiger partial charge in [-0.15, -0.1) is 5.06 Å². The fourth-order valence-corrected chi connectivity index (χ4v) is 4.49. The summed E-state index contributed by atoms with van der Waals surface area (Å²) in [5.74, 6) is -0.00128. The standard InChI is InChI=1S/C30H34N6O9/c1-30(2,3)44-28(39)36(45-29(40)42-16-19-12-8-5-9-13-19)14-20-22(37)23(38)26(43-20)35-17-32-21-24(35)33-27(31)34-25(21)41-15-18-10-6-4-7-11-18/h4-13,17,20,22-23,26,37-38H,14-16H2,1-3H3,(H2,31,33,34)/t20-,22-,23-,26-/m1/s1. The Labute approximate surface area is 258 Å². The van der Waals surface area contributed by atoms with Crippen LogP contribution in [0.1, 0.15) is 38.1 Å². The lowest BCUT2D eigenvalue weighted by Crippen LogP contribution is -2.45. The zero-order valence-corrected chi connectivity index (χ0v) is 24.8. The molecule has 5 rings (SSSR count). The number of carbonyl (C=O) groups is 2. The third-order valence-corrected chi connectivity index (χ3v) is 6.56. The van der Waals surface area contributed by atoms with Gasteiger partial charge in [0.2, 0.25) is 11.8 Å². The van der Waals surface area contributed by atoms with Gasteiger partial charge in [0.15, 0.2) is 17.4 Å². The maximum absolute atomic E-state index is 13.0. The summed E-state index contributed by atoms with van der Waals surface area (Å²) in [6.07, 6.45) is -6.41. The number of amides is 1. The Balaban J connectivity index is 1.32. The molecule has 45 heavy (non-hydrogen) atoms. The molecule has 1 saturated heterocycles. The number of rotatable bonds is 8. The summed E-state index contributed by atoms with van der Waals surface area (Å²) in [6.45, 7) is 4.46. The molecule has 15 heteroatoms. The van der Waals surface area contributed by atoms with E-state index < -0.39 is 48.9 Å². The molecule has 2 aromatic heterocycles. The molecule has 3 heterocycles. The number of anilines is 1. The van der Waals surface area contributed by atoms with Crippen molar-refractivity contribution in [3.63, 3.8) is 0 Å². The molecule has 1 aliphatic rings. The molecule has 0 spiro atoms. The zero-order chi connectivity index (χ0) is 32.1. The fraction of sp³-hybridized carbons (Fsp3) is 0.367. The average Bonchev–Trinajstić information content (AvgIpc) is 3.54. The van der Waals surface area contributed by atoms with E-state index in [-0.39, 0.29) is 36.2 Å². The number of carbonyl (C=O) groups excluding carboxylic acids is 2. The first-order valence-electron chi connectivity index (χ1n) is 14.1. The predicted molar refractivity (Wildman–Crippen MR) is 157 cm³/mol. The van der Waals surface area contributed by atoms with Crippen LogP contribution in [0, 0.1) is 0 Å². The number of aromatic nitrogens is 4. The van der Waals surface area contributed by atoms with Gasteiger partial charge in [-0.1, -0.05) is 60.7 Å². The average molecular weight is 623 g/mol. The molecule has 0 saturated carbocycles. The molecular formula is C30H34N6O9. The molecule has 2 aromatic carbocycles. The number of hydrogen-bond acceptors (Lipinski definition) is 13. The number of benzene rings is 2. The second-order valence-corrected chi connectivity index (χ2v) is 11.2. The number of aliphatic hydroxyl groups is 2. The van der Waals surface area contributed by atoms with E-state index in [0.717, 1.165) is 5.56 Å². The van der Waals surface area contributed by atoms with Crippen LogP contribution in [0.4, 0.5) is 15.5 Å². The number of aliphatic hydroxyl groups excluding tert-OH is 2. The lowest BCUT2D eigenvalue weighted by atomic mass is 10.1. The summed E-state index contributed by atoms with van der Waals surface area (Å²) in [6, 6.07) is 18.3. The van der Waals surface area contributed by atoms with Crippen molar-refractivity contribution >= 4 is 29.4 Å². The van der Waals surface area contributed by atoms with Gasteiger partial charge < -0.3 is 39.7 Å². The Hall–Kier alpha value is -4.99. The molecule has 4 aromatic rings. The van der Waals surface area contributed by atoms with Gasteiger partial charge in [-0.3, -0.25) is 4.57 Å². The minimum Gasteiger partial charge on any atom is -0.471 e. The summed E-state index contributed by atoms with van der Waals surface area (Å²) in [5, 5.41) is 22.5. The highest BCUT2D eigenvalue weighted by Gasteiger charge is 2.46. The van der Waals surface area contributed by atoms with Crippen molar-refractivity contribution in [2.24, 2.45) is 0 Å². The molecular weight excluding hydrogens is 588 g/mol. The molecule has 4 atom stereocenters. The first-order valence-corrected chi connectivity index (χ1v) is 14.1. The van der Waals surface area contributed by atoms with Crippen molar-refractivity contribution in [2.45, 2.75) is 64.1 Å². The lowest BCUT2D eigenvalue weighted by Gasteiger charge is -2.27. The van der Waals surface area contributed by atoms with E-state index in [1.165, 1.54) is 10.9 Å². The van der Waals surface area contributed by atoms with Gasteiger partial charge in [0.1, 0.15) is 37.1 Å². The van der Waals surface area contributed by atoms with Crippen molar-refractivity contribution in [2.75, 3.05) is 12.3 Å². The van der Waals surface area contributed by atoms with Crippen molar-refractivity contribution in [3.8, 4) is 5.88 Å². The van der Waals surface area contributed by atoms with Crippen LogP contribution in [0.25, 0.3) is 11.2 Å². The topological polar surface area (TPSA) is 194 Å². The third-order valence-electron chi connectivity index (χ3n) is 6.56. The molecule has 1 amide bonds. The van der Waals surface area contributed by atoms with E-state index in [1.54, 1.807) is 45.0 Å². The highest BCUT2D eigenvalue weighted by Crippen LogP contribution is 2.34. The Bertz CT molecular complexity index is 1610. The molecule has 15 nitrogen and oxygen atoms in total. The summed E-state index contributed by atoms with van der Waals surface area (Å²) < 4.78 is 23.7. The second-order valence-electron chi connectivity index (χ2n) is 11.2. The highest BCUT2D eigenvalue weighted by molar-refractivity contribution is 5.77. The van der Waals surface area contributed by atoms with Gasteiger partial charge >= 0.3 is 12.2 Å². The fourth-order valence-electron chi connectivity index (χ4n) is 4.49. The van der Waals surface area contributed by atoms with E-state index in [1.807, 2.05) is 36.4 Å². The molecule has 0 bridgehead atoms. The number of imidazole rings is 1. The van der Waals surface area contributed by atoms with Crippen LogP contribution in [0.3, 0.4) is 0 Å². The number of hydroxylamine groups is 2. The smallest absolute Gasteiger partial charge is 0.471 e. The Morgan fingerprint density at radius 2 is 1.62 bits per heavy atom. The zero-order valence-electron chi connectivity index (χ0n) is 24.8.